The van der Waals surface area contributed by atoms with Gasteiger partial charge >= 0.3 is 0 Å². The highest BCUT2D eigenvalue weighted by atomic mass is 19.1. The summed E-state index contributed by atoms with van der Waals surface area (Å²) >= 11 is 0. The molecule has 106 valence electrons. The maximum absolute atomic E-state index is 14.3. The van der Waals surface area contributed by atoms with Gasteiger partial charge in [-0.1, -0.05) is 33.8 Å². The van der Waals surface area contributed by atoms with Gasteiger partial charge in [-0.05, 0) is 29.7 Å². The van der Waals surface area contributed by atoms with Crippen LogP contribution in [0.15, 0.2) is 18.2 Å². The Hall–Kier alpha value is -1.09. The van der Waals surface area contributed by atoms with Gasteiger partial charge in [-0.2, -0.15) is 0 Å². The predicted octanol–water partition coefficient (Wildman–Crippen LogP) is 3.27. The molecule has 1 saturated heterocycles. The molecule has 0 aromatic heterocycles. The molecule has 0 N–H and O–H groups in total. The first-order chi connectivity index (χ1) is 8.91. The molecular weight excluding hydrogens is 239 g/mol. The van der Waals surface area contributed by atoms with Crippen molar-refractivity contribution in [3.8, 4) is 0 Å². The number of hydrogen-bond acceptors (Lipinski definition) is 2. The van der Waals surface area contributed by atoms with Crippen LogP contribution >= 0.6 is 0 Å². The number of likely N-dealkylation sites (N-methyl/N-ethyl adjacent to an activating group) is 1. The minimum absolute atomic E-state index is 0.000276. The molecule has 1 aromatic carbocycles. The molecule has 2 nitrogen and oxygen atoms in total. The van der Waals surface area contributed by atoms with Crippen molar-refractivity contribution in [1.29, 1.82) is 0 Å². The Morgan fingerprint density at radius 3 is 2.21 bits per heavy atom. The molecule has 19 heavy (non-hydrogen) atoms. The summed E-state index contributed by atoms with van der Waals surface area (Å²) in [6, 6.07) is 5.70. The maximum atomic E-state index is 14.3. The molecular formula is C16H25FN2. The van der Waals surface area contributed by atoms with Crippen molar-refractivity contribution in [2.45, 2.75) is 33.1 Å². The fourth-order valence-electron chi connectivity index (χ4n) is 2.53. The van der Waals surface area contributed by atoms with Gasteiger partial charge in [0.2, 0.25) is 0 Å². The standard InChI is InChI=1S/C16H25FN2/c1-5-18-8-10-19(11-9-18)15-7-6-13(12-14(15)17)16(2,3)4/h6-7,12H,5,8-11H2,1-4H3. The summed E-state index contributed by atoms with van der Waals surface area (Å²) in [6.45, 7) is 13.5. The first kappa shape index (κ1) is 14.3. The summed E-state index contributed by atoms with van der Waals surface area (Å²) < 4.78 is 14.3. The first-order valence-corrected chi connectivity index (χ1v) is 7.19. The molecule has 3 heteroatoms. The van der Waals surface area contributed by atoms with Gasteiger partial charge in [0, 0.05) is 26.2 Å². The first-order valence-electron chi connectivity index (χ1n) is 7.19. The summed E-state index contributed by atoms with van der Waals surface area (Å²) in [7, 11) is 0. The summed E-state index contributed by atoms with van der Waals surface area (Å²) in [6.07, 6.45) is 0. The zero-order valence-electron chi connectivity index (χ0n) is 12.5. The molecule has 0 spiro atoms. The largest absolute Gasteiger partial charge is 0.367 e. The zero-order valence-corrected chi connectivity index (χ0v) is 12.5. The van der Waals surface area contributed by atoms with Gasteiger partial charge in [-0.15, -0.1) is 0 Å². The summed E-state index contributed by atoms with van der Waals surface area (Å²) in [5.74, 6) is -0.0858. The average Bonchev–Trinajstić information content (AvgIpc) is 2.38. The van der Waals surface area contributed by atoms with E-state index in [2.05, 4.69) is 43.6 Å². The lowest BCUT2D eigenvalue weighted by molar-refractivity contribution is 0.270. The Labute approximate surface area is 116 Å². The second-order valence-electron chi connectivity index (χ2n) is 6.34. The number of benzene rings is 1. The van der Waals surface area contributed by atoms with Crippen LogP contribution in [0.5, 0.6) is 0 Å². The minimum Gasteiger partial charge on any atom is -0.367 e. The number of halogens is 1. The lowest BCUT2D eigenvalue weighted by Gasteiger charge is -2.36. The zero-order chi connectivity index (χ0) is 14.0. The predicted molar refractivity (Wildman–Crippen MR) is 79.4 cm³/mol. The van der Waals surface area contributed by atoms with E-state index in [9.17, 15) is 4.39 Å². The second kappa shape index (κ2) is 5.49. The molecule has 0 bridgehead atoms. The highest BCUT2D eigenvalue weighted by Gasteiger charge is 2.20. The Bertz CT molecular complexity index is 429. The summed E-state index contributed by atoms with van der Waals surface area (Å²) in [5.41, 5.74) is 1.81. The van der Waals surface area contributed by atoms with Crippen LogP contribution in [-0.2, 0) is 5.41 Å². The Morgan fingerprint density at radius 1 is 1.11 bits per heavy atom. The van der Waals surface area contributed by atoms with Crippen LogP contribution in [-0.4, -0.2) is 37.6 Å². The smallest absolute Gasteiger partial charge is 0.146 e. The average molecular weight is 264 g/mol. The molecule has 2 rings (SSSR count). The van der Waals surface area contributed by atoms with Crippen molar-refractivity contribution in [3.05, 3.63) is 29.6 Å². The number of anilines is 1. The van der Waals surface area contributed by atoms with Crippen LogP contribution in [0.2, 0.25) is 0 Å². The molecule has 0 atom stereocenters. The van der Waals surface area contributed by atoms with Crippen molar-refractivity contribution in [3.63, 3.8) is 0 Å². The molecule has 0 saturated carbocycles. The molecule has 1 heterocycles. The van der Waals surface area contributed by atoms with Crippen LogP contribution in [0.1, 0.15) is 33.3 Å². The van der Waals surface area contributed by atoms with Gasteiger partial charge in [0.1, 0.15) is 5.82 Å². The SMILES string of the molecule is CCN1CCN(c2ccc(C(C)(C)C)cc2F)CC1. The van der Waals surface area contributed by atoms with E-state index in [1.807, 2.05) is 6.07 Å². The lowest BCUT2D eigenvalue weighted by Crippen LogP contribution is -2.46. The van der Waals surface area contributed by atoms with E-state index in [1.54, 1.807) is 6.07 Å². The molecule has 1 aromatic rings. The Kier molecular flexibility index (Phi) is 4.14. The van der Waals surface area contributed by atoms with Gasteiger partial charge in [-0.25, -0.2) is 4.39 Å². The Balaban J connectivity index is 2.14. The summed E-state index contributed by atoms with van der Waals surface area (Å²) in [4.78, 5) is 4.56. The molecule has 1 fully saturated rings. The minimum atomic E-state index is -0.0858. The van der Waals surface area contributed by atoms with Gasteiger partial charge in [0.15, 0.2) is 0 Å². The van der Waals surface area contributed by atoms with Gasteiger partial charge < -0.3 is 9.80 Å². The van der Waals surface area contributed by atoms with E-state index in [-0.39, 0.29) is 11.2 Å². The van der Waals surface area contributed by atoms with E-state index in [0.717, 1.165) is 44.0 Å². The van der Waals surface area contributed by atoms with Gasteiger partial charge in [-0.3, -0.25) is 0 Å². The molecule has 1 aliphatic rings. The van der Waals surface area contributed by atoms with Crippen molar-refractivity contribution in [2.75, 3.05) is 37.6 Å². The molecule has 0 amide bonds. The monoisotopic (exact) mass is 264 g/mol. The molecule has 0 radical (unpaired) electrons. The van der Waals surface area contributed by atoms with Gasteiger partial charge in [0.05, 0.1) is 5.69 Å². The number of nitrogens with zero attached hydrogens (tertiary/aromatic N) is 2. The third-order valence-electron chi connectivity index (χ3n) is 3.97. The van der Waals surface area contributed by atoms with Gasteiger partial charge in [0.25, 0.3) is 0 Å². The highest BCUT2D eigenvalue weighted by Crippen LogP contribution is 2.28. The van der Waals surface area contributed by atoms with E-state index in [4.69, 9.17) is 0 Å². The van der Waals surface area contributed by atoms with E-state index >= 15 is 0 Å². The molecule has 0 unspecified atom stereocenters. The van der Waals surface area contributed by atoms with Crippen LogP contribution in [0.25, 0.3) is 0 Å². The molecule has 0 aliphatic carbocycles. The number of rotatable bonds is 2. The number of hydrogen-bond donors (Lipinski definition) is 0. The summed E-state index contributed by atoms with van der Waals surface area (Å²) in [5, 5.41) is 0. The van der Waals surface area contributed by atoms with Crippen molar-refractivity contribution in [1.82, 2.24) is 4.90 Å². The van der Waals surface area contributed by atoms with Crippen LogP contribution in [0, 0.1) is 5.82 Å². The second-order valence-corrected chi connectivity index (χ2v) is 6.34. The number of piperazine rings is 1. The normalized spacial score (nSPS) is 17.8. The third kappa shape index (κ3) is 3.27. The lowest BCUT2D eigenvalue weighted by atomic mass is 9.87. The topological polar surface area (TPSA) is 6.48 Å². The third-order valence-corrected chi connectivity index (χ3v) is 3.97. The fraction of sp³-hybridized carbons (Fsp3) is 0.625. The van der Waals surface area contributed by atoms with Crippen LogP contribution < -0.4 is 4.90 Å². The van der Waals surface area contributed by atoms with Crippen molar-refractivity contribution >= 4 is 5.69 Å². The van der Waals surface area contributed by atoms with Crippen molar-refractivity contribution in [2.24, 2.45) is 0 Å². The maximum Gasteiger partial charge on any atom is 0.146 e. The van der Waals surface area contributed by atoms with Crippen LogP contribution in [0.3, 0.4) is 0 Å². The highest BCUT2D eigenvalue weighted by molar-refractivity contribution is 5.50. The van der Waals surface area contributed by atoms with Crippen LogP contribution in [0.4, 0.5) is 10.1 Å². The van der Waals surface area contributed by atoms with E-state index < -0.39 is 0 Å². The van der Waals surface area contributed by atoms with E-state index in [1.165, 1.54) is 0 Å². The van der Waals surface area contributed by atoms with E-state index in [0.29, 0.717) is 0 Å². The van der Waals surface area contributed by atoms with Crippen molar-refractivity contribution < 1.29 is 4.39 Å². The Morgan fingerprint density at radius 2 is 1.74 bits per heavy atom. The fourth-order valence-corrected chi connectivity index (χ4v) is 2.53. The quantitative estimate of drug-likeness (QED) is 0.809. The molecule has 1 aliphatic heterocycles.